The van der Waals surface area contributed by atoms with E-state index in [1.165, 1.54) is 13.1 Å². The fourth-order valence-electron chi connectivity index (χ4n) is 2.74. The van der Waals surface area contributed by atoms with Gasteiger partial charge in [0.2, 0.25) is 5.88 Å². The lowest BCUT2D eigenvalue weighted by Crippen LogP contribution is -2.41. The maximum absolute atomic E-state index is 13.4. The zero-order chi connectivity index (χ0) is 20.4. The molecule has 0 aliphatic carbocycles. The highest BCUT2D eigenvalue weighted by molar-refractivity contribution is 6.65. The van der Waals surface area contributed by atoms with Crippen LogP contribution >= 0.6 is 0 Å². The predicted octanol–water partition coefficient (Wildman–Crippen LogP) is 3.87. The van der Waals surface area contributed by atoms with Crippen molar-refractivity contribution in [3.8, 4) is 0 Å². The average Bonchev–Trinajstić information content (AvgIpc) is 3.02. The summed E-state index contributed by atoms with van der Waals surface area (Å²) < 4.78 is 57.2. The van der Waals surface area contributed by atoms with E-state index in [4.69, 9.17) is 18.8 Å². The highest BCUT2D eigenvalue weighted by Gasteiger charge is 2.52. The minimum Gasteiger partial charge on any atom is -0.465 e. The first kappa shape index (κ1) is 19.6. The third-order valence-electron chi connectivity index (χ3n) is 5.11. The zero-order valence-electron chi connectivity index (χ0n) is 15.5. The molecule has 0 bridgehead atoms. The molecule has 10 heteroatoms. The molecule has 2 aromatic rings. The lowest BCUT2D eigenvalue weighted by Gasteiger charge is -2.32. The molecule has 1 aromatic heterocycles. The van der Waals surface area contributed by atoms with Crippen LogP contribution in [0.5, 0.6) is 0 Å². The topological polar surface area (TPSA) is 72.1 Å². The molecule has 2 heterocycles. The van der Waals surface area contributed by atoms with Crippen LogP contribution in [-0.4, -0.2) is 36.6 Å². The van der Waals surface area contributed by atoms with Gasteiger partial charge in [0.1, 0.15) is 5.58 Å². The summed E-state index contributed by atoms with van der Waals surface area (Å²) >= 11 is 0. The number of rotatable bonds is 2. The van der Waals surface area contributed by atoms with Crippen molar-refractivity contribution in [2.45, 2.75) is 45.1 Å². The van der Waals surface area contributed by atoms with Gasteiger partial charge < -0.3 is 18.8 Å². The van der Waals surface area contributed by atoms with Crippen LogP contribution < -0.4 is 10.4 Å². The Morgan fingerprint density at radius 2 is 1.67 bits per heavy atom. The molecule has 0 atom stereocenters. The van der Waals surface area contributed by atoms with Crippen LogP contribution in [0, 0.1) is 0 Å². The molecule has 1 aliphatic rings. The van der Waals surface area contributed by atoms with Gasteiger partial charge in [0.25, 0.3) is 0 Å². The number of alkyl halides is 3. The quantitative estimate of drug-likeness (QED) is 0.795. The summed E-state index contributed by atoms with van der Waals surface area (Å²) in [7, 11) is 0.180. The Balaban J connectivity index is 2.19. The molecule has 1 aromatic carbocycles. The van der Waals surface area contributed by atoms with E-state index in [0.29, 0.717) is 5.39 Å². The number of nitrogens with zero attached hydrogens (tertiary/aromatic N) is 1. The van der Waals surface area contributed by atoms with Crippen molar-refractivity contribution in [1.82, 2.24) is 0 Å². The maximum atomic E-state index is 13.4. The number of halogens is 3. The largest absolute Gasteiger partial charge is 0.495 e. The fraction of sp³-hybridized carbons (Fsp3) is 0.471. The molecular weight excluding hydrogens is 366 g/mol. The molecule has 0 spiro atoms. The van der Waals surface area contributed by atoms with Crippen LogP contribution in [0.15, 0.2) is 22.6 Å². The SMILES string of the molecule is CN(C(=O)O)c1cc2c(B3OC(C)(C)C(C)(C)O3)cc(C(F)(F)F)cc2o1. The molecule has 6 nitrogen and oxygen atoms in total. The molecule has 0 unspecified atom stereocenters. The van der Waals surface area contributed by atoms with Crippen LogP contribution in [0.25, 0.3) is 11.0 Å². The van der Waals surface area contributed by atoms with Gasteiger partial charge in [0.15, 0.2) is 0 Å². The number of furan rings is 1. The fourth-order valence-corrected chi connectivity index (χ4v) is 2.74. The lowest BCUT2D eigenvalue weighted by molar-refractivity contribution is -0.137. The van der Waals surface area contributed by atoms with Gasteiger partial charge in [-0.2, -0.15) is 13.2 Å². The second-order valence-electron chi connectivity index (χ2n) is 7.49. The van der Waals surface area contributed by atoms with E-state index in [0.717, 1.165) is 17.0 Å². The lowest BCUT2D eigenvalue weighted by atomic mass is 9.76. The van der Waals surface area contributed by atoms with Crippen molar-refractivity contribution in [3.63, 3.8) is 0 Å². The van der Waals surface area contributed by atoms with E-state index in [-0.39, 0.29) is 16.9 Å². The standard InChI is InChI=1S/C17H19BF3NO5/c1-15(2)16(3,4)27-18(26-15)11-6-9(17(19,20)21)7-12-10(11)8-13(25-12)22(5)14(23)24/h6-8H,1-5H3,(H,23,24). The summed E-state index contributed by atoms with van der Waals surface area (Å²) in [5.74, 6) is -0.102. The summed E-state index contributed by atoms with van der Waals surface area (Å²) in [4.78, 5) is 11.9. The summed E-state index contributed by atoms with van der Waals surface area (Å²) in [6.07, 6.45) is -5.92. The first-order chi connectivity index (χ1) is 12.2. The Hall–Kier alpha value is -2.20. The Labute approximate surface area is 154 Å². The van der Waals surface area contributed by atoms with Crippen molar-refractivity contribution in [3.05, 3.63) is 23.8 Å². The normalized spacial score (nSPS) is 18.9. The minimum absolute atomic E-state index is 0.0994. The molecule has 1 amide bonds. The predicted molar refractivity (Wildman–Crippen MR) is 93.4 cm³/mol. The Kier molecular flexibility index (Phi) is 4.28. The number of amides is 1. The van der Waals surface area contributed by atoms with E-state index in [1.807, 2.05) is 0 Å². The van der Waals surface area contributed by atoms with Gasteiger partial charge in [0.05, 0.1) is 16.8 Å². The van der Waals surface area contributed by atoms with Gasteiger partial charge in [-0.05, 0) is 45.3 Å². The molecule has 1 fully saturated rings. The molecule has 1 saturated heterocycles. The first-order valence-electron chi connectivity index (χ1n) is 8.20. The molecule has 1 aliphatic heterocycles. The Bertz CT molecular complexity index is 890. The number of hydrogen-bond donors (Lipinski definition) is 1. The Morgan fingerprint density at radius 1 is 1.11 bits per heavy atom. The number of carbonyl (C=O) groups is 1. The molecule has 0 saturated carbocycles. The van der Waals surface area contributed by atoms with Crippen molar-refractivity contribution >= 4 is 35.5 Å². The summed E-state index contributed by atoms with van der Waals surface area (Å²) in [5, 5.41) is 9.39. The highest BCUT2D eigenvalue weighted by atomic mass is 19.4. The van der Waals surface area contributed by atoms with Crippen LogP contribution in [-0.2, 0) is 15.5 Å². The number of benzene rings is 1. The first-order valence-corrected chi connectivity index (χ1v) is 8.20. The van der Waals surface area contributed by atoms with Crippen LogP contribution in [0.4, 0.5) is 23.8 Å². The van der Waals surface area contributed by atoms with Gasteiger partial charge in [-0.15, -0.1) is 0 Å². The molecule has 0 radical (unpaired) electrons. The smallest absolute Gasteiger partial charge is 0.465 e. The highest BCUT2D eigenvalue weighted by Crippen LogP contribution is 2.39. The molecule has 3 rings (SSSR count). The number of carboxylic acid groups (broad SMARTS) is 1. The number of hydrogen-bond acceptors (Lipinski definition) is 4. The van der Waals surface area contributed by atoms with Gasteiger partial charge in [-0.1, -0.05) is 0 Å². The van der Waals surface area contributed by atoms with Crippen LogP contribution in [0.3, 0.4) is 0 Å². The van der Waals surface area contributed by atoms with E-state index in [9.17, 15) is 18.0 Å². The summed E-state index contributed by atoms with van der Waals surface area (Å²) in [6, 6.07) is 3.15. The number of fused-ring (bicyclic) bond motifs is 1. The number of anilines is 1. The minimum atomic E-state index is -4.61. The summed E-state index contributed by atoms with van der Waals surface area (Å²) in [6.45, 7) is 7.15. The second-order valence-corrected chi connectivity index (χ2v) is 7.49. The van der Waals surface area contributed by atoms with E-state index < -0.39 is 36.2 Å². The van der Waals surface area contributed by atoms with Crippen LogP contribution in [0.1, 0.15) is 33.3 Å². The third-order valence-corrected chi connectivity index (χ3v) is 5.11. The van der Waals surface area contributed by atoms with Gasteiger partial charge in [-0.25, -0.2) is 4.79 Å². The van der Waals surface area contributed by atoms with Gasteiger partial charge in [0, 0.05) is 18.5 Å². The zero-order valence-corrected chi connectivity index (χ0v) is 15.5. The third kappa shape index (κ3) is 3.27. The molecule has 146 valence electrons. The monoisotopic (exact) mass is 385 g/mol. The maximum Gasteiger partial charge on any atom is 0.495 e. The van der Waals surface area contributed by atoms with Crippen LogP contribution in [0.2, 0.25) is 0 Å². The van der Waals surface area contributed by atoms with Gasteiger partial charge >= 0.3 is 19.4 Å². The van der Waals surface area contributed by atoms with E-state index in [2.05, 4.69) is 0 Å². The van der Waals surface area contributed by atoms with Crippen molar-refractivity contribution < 1.29 is 36.8 Å². The second kappa shape index (κ2) is 5.90. The van der Waals surface area contributed by atoms with E-state index in [1.54, 1.807) is 27.7 Å². The van der Waals surface area contributed by atoms with Crippen molar-refractivity contribution in [2.75, 3.05) is 11.9 Å². The molecule has 27 heavy (non-hydrogen) atoms. The van der Waals surface area contributed by atoms with Gasteiger partial charge in [-0.3, -0.25) is 4.90 Å². The molecule has 1 N–H and O–H groups in total. The molecular formula is C17H19BF3NO5. The van der Waals surface area contributed by atoms with Crippen molar-refractivity contribution in [2.24, 2.45) is 0 Å². The Morgan fingerprint density at radius 3 is 2.15 bits per heavy atom. The van der Waals surface area contributed by atoms with E-state index >= 15 is 0 Å². The average molecular weight is 385 g/mol. The van der Waals surface area contributed by atoms with Crippen molar-refractivity contribution in [1.29, 1.82) is 0 Å². The summed E-state index contributed by atoms with van der Waals surface area (Å²) in [5.41, 5.74) is -2.39.